The highest BCUT2D eigenvalue weighted by molar-refractivity contribution is 6.30. The molecule has 0 aliphatic rings. The molecule has 0 aliphatic heterocycles. The van der Waals surface area contributed by atoms with Crippen molar-refractivity contribution in [2.45, 2.75) is 40.0 Å². The van der Waals surface area contributed by atoms with Crippen LogP contribution in [0.4, 0.5) is 0 Å². The summed E-state index contributed by atoms with van der Waals surface area (Å²) in [5.41, 5.74) is 2.14. The molecule has 0 radical (unpaired) electrons. The van der Waals surface area contributed by atoms with E-state index in [9.17, 15) is 4.79 Å². The fourth-order valence-electron chi connectivity index (χ4n) is 2.84. The SMILES string of the molecule is CCc1nc2cc(Cl)ccn2c1C(=O)NCCCCN(CC)CC. The predicted molar refractivity (Wildman–Crippen MR) is 98.9 cm³/mol. The summed E-state index contributed by atoms with van der Waals surface area (Å²) in [6.45, 7) is 10.3. The van der Waals surface area contributed by atoms with Crippen molar-refractivity contribution in [3.63, 3.8) is 0 Å². The van der Waals surface area contributed by atoms with Gasteiger partial charge in [0.25, 0.3) is 5.91 Å². The molecular formula is C18H27ClN4O. The van der Waals surface area contributed by atoms with Crippen molar-refractivity contribution in [1.82, 2.24) is 19.6 Å². The van der Waals surface area contributed by atoms with Crippen LogP contribution in [-0.2, 0) is 6.42 Å². The lowest BCUT2D eigenvalue weighted by molar-refractivity contribution is 0.0945. The summed E-state index contributed by atoms with van der Waals surface area (Å²) in [7, 11) is 0. The van der Waals surface area contributed by atoms with Crippen molar-refractivity contribution in [1.29, 1.82) is 0 Å². The van der Waals surface area contributed by atoms with Crippen molar-refractivity contribution < 1.29 is 4.79 Å². The highest BCUT2D eigenvalue weighted by atomic mass is 35.5. The maximum atomic E-state index is 12.6. The van der Waals surface area contributed by atoms with E-state index < -0.39 is 0 Å². The van der Waals surface area contributed by atoms with E-state index in [1.807, 2.05) is 11.3 Å². The molecule has 2 aromatic rings. The fraction of sp³-hybridized carbons (Fsp3) is 0.556. The number of hydrogen-bond acceptors (Lipinski definition) is 3. The third-order valence-electron chi connectivity index (χ3n) is 4.29. The fourth-order valence-corrected chi connectivity index (χ4v) is 3.00. The van der Waals surface area contributed by atoms with Crippen molar-refractivity contribution in [2.24, 2.45) is 0 Å². The van der Waals surface area contributed by atoms with Gasteiger partial charge in [0.05, 0.1) is 5.69 Å². The number of fused-ring (bicyclic) bond motifs is 1. The molecule has 0 bridgehead atoms. The van der Waals surface area contributed by atoms with E-state index in [0.29, 0.717) is 29.3 Å². The average molecular weight is 351 g/mol. The standard InChI is InChI=1S/C18H27ClN4O/c1-4-15-17(23-12-9-14(19)13-16(23)21-15)18(24)20-10-7-8-11-22(5-2)6-3/h9,12-13H,4-8,10-11H2,1-3H3,(H,20,24). The van der Waals surface area contributed by atoms with E-state index in [2.05, 4.69) is 29.0 Å². The number of amides is 1. The number of halogens is 1. The minimum Gasteiger partial charge on any atom is -0.351 e. The first-order valence-corrected chi connectivity index (χ1v) is 9.15. The number of aromatic nitrogens is 2. The molecule has 1 amide bonds. The second kappa shape index (κ2) is 9.04. The zero-order chi connectivity index (χ0) is 17.5. The molecule has 2 rings (SSSR count). The van der Waals surface area contributed by atoms with E-state index in [-0.39, 0.29) is 5.91 Å². The van der Waals surface area contributed by atoms with Crippen LogP contribution in [-0.4, -0.2) is 46.4 Å². The van der Waals surface area contributed by atoms with Crippen LogP contribution in [0.2, 0.25) is 5.02 Å². The molecule has 0 aliphatic carbocycles. The molecule has 0 aromatic carbocycles. The molecule has 0 fully saturated rings. The van der Waals surface area contributed by atoms with Gasteiger partial charge in [-0.1, -0.05) is 32.4 Å². The van der Waals surface area contributed by atoms with Gasteiger partial charge in [-0.3, -0.25) is 9.20 Å². The summed E-state index contributed by atoms with van der Waals surface area (Å²) in [6.07, 6.45) is 4.58. The number of rotatable bonds is 9. The van der Waals surface area contributed by atoms with Gasteiger partial charge in [0.1, 0.15) is 11.3 Å². The Hall–Kier alpha value is -1.59. The van der Waals surface area contributed by atoms with E-state index in [1.54, 1.807) is 18.3 Å². The second-order valence-corrected chi connectivity index (χ2v) is 6.26. The largest absolute Gasteiger partial charge is 0.351 e. The van der Waals surface area contributed by atoms with Gasteiger partial charge in [0, 0.05) is 23.8 Å². The number of pyridine rings is 1. The third kappa shape index (κ3) is 4.48. The maximum Gasteiger partial charge on any atom is 0.270 e. The van der Waals surface area contributed by atoms with Gasteiger partial charge in [0.2, 0.25) is 0 Å². The molecule has 1 N–H and O–H groups in total. The number of nitrogens with one attached hydrogen (secondary N) is 1. The minimum atomic E-state index is -0.0653. The van der Waals surface area contributed by atoms with E-state index in [1.165, 1.54) is 0 Å². The van der Waals surface area contributed by atoms with Crippen molar-refractivity contribution in [3.8, 4) is 0 Å². The number of hydrogen-bond donors (Lipinski definition) is 1. The summed E-state index contributed by atoms with van der Waals surface area (Å²) < 4.78 is 1.82. The van der Waals surface area contributed by atoms with Gasteiger partial charge in [-0.25, -0.2) is 4.98 Å². The lowest BCUT2D eigenvalue weighted by atomic mass is 10.2. The Morgan fingerprint density at radius 3 is 2.71 bits per heavy atom. The van der Waals surface area contributed by atoms with Crippen molar-refractivity contribution in [3.05, 3.63) is 34.7 Å². The number of nitrogens with zero attached hydrogens (tertiary/aromatic N) is 3. The molecule has 0 spiro atoms. The minimum absolute atomic E-state index is 0.0653. The van der Waals surface area contributed by atoms with Crippen LogP contribution in [0.3, 0.4) is 0 Å². The van der Waals surface area contributed by atoms with E-state index in [0.717, 1.165) is 38.2 Å². The first-order valence-electron chi connectivity index (χ1n) is 8.77. The van der Waals surface area contributed by atoms with Crippen LogP contribution in [0.25, 0.3) is 5.65 Å². The van der Waals surface area contributed by atoms with Crippen LogP contribution < -0.4 is 5.32 Å². The number of unbranched alkanes of at least 4 members (excludes halogenated alkanes) is 1. The van der Waals surface area contributed by atoms with Gasteiger partial charge in [-0.2, -0.15) is 0 Å². The van der Waals surface area contributed by atoms with Crippen LogP contribution in [0.5, 0.6) is 0 Å². The number of carbonyl (C=O) groups is 1. The lowest BCUT2D eigenvalue weighted by Gasteiger charge is -2.17. The summed E-state index contributed by atoms with van der Waals surface area (Å²) in [5, 5.41) is 3.65. The van der Waals surface area contributed by atoms with Crippen molar-refractivity contribution >= 4 is 23.2 Å². The van der Waals surface area contributed by atoms with Gasteiger partial charge < -0.3 is 10.2 Å². The molecule has 0 saturated heterocycles. The van der Waals surface area contributed by atoms with Gasteiger partial charge in [-0.05, 0) is 45.0 Å². The monoisotopic (exact) mass is 350 g/mol. The Balaban J connectivity index is 1.96. The topological polar surface area (TPSA) is 49.6 Å². The van der Waals surface area contributed by atoms with E-state index in [4.69, 9.17) is 11.6 Å². The Bertz CT molecular complexity index is 679. The molecule has 0 saturated carbocycles. The van der Waals surface area contributed by atoms with Crippen molar-refractivity contribution in [2.75, 3.05) is 26.2 Å². The number of carbonyl (C=O) groups excluding carboxylic acids is 1. The summed E-state index contributed by atoms with van der Waals surface area (Å²) in [4.78, 5) is 19.5. The molecule has 6 heteroatoms. The highest BCUT2D eigenvalue weighted by Gasteiger charge is 2.17. The third-order valence-corrected chi connectivity index (χ3v) is 4.53. The molecule has 24 heavy (non-hydrogen) atoms. The van der Waals surface area contributed by atoms with Gasteiger partial charge in [0.15, 0.2) is 0 Å². The molecule has 2 heterocycles. The Morgan fingerprint density at radius 1 is 1.29 bits per heavy atom. The molecule has 5 nitrogen and oxygen atoms in total. The molecular weight excluding hydrogens is 324 g/mol. The summed E-state index contributed by atoms with van der Waals surface area (Å²) in [6, 6.07) is 3.55. The second-order valence-electron chi connectivity index (χ2n) is 5.82. The maximum absolute atomic E-state index is 12.6. The van der Waals surface area contributed by atoms with Gasteiger partial charge in [-0.15, -0.1) is 0 Å². The first kappa shape index (κ1) is 18.7. The van der Waals surface area contributed by atoms with Gasteiger partial charge >= 0.3 is 0 Å². The average Bonchev–Trinajstić information content (AvgIpc) is 2.95. The summed E-state index contributed by atoms with van der Waals surface area (Å²) in [5.74, 6) is -0.0653. The highest BCUT2D eigenvalue weighted by Crippen LogP contribution is 2.17. The Morgan fingerprint density at radius 2 is 2.04 bits per heavy atom. The van der Waals surface area contributed by atoms with Crippen LogP contribution in [0.1, 0.15) is 49.8 Å². The lowest BCUT2D eigenvalue weighted by Crippen LogP contribution is -2.28. The normalized spacial score (nSPS) is 11.4. The van der Waals surface area contributed by atoms with Crippen LogP contribution >= 0.6 is 11.6 Å². The summed E-state index contributed by atoms with van der Waals surface area (Å²) >= 11 is 6.01. The predicted octanol–water partition coefficient (Wildman–Crippen LogP) is 3.40. The zero-order valence-electron chi connectivity index (χ0n) is 14.8. The Kier molecular flexibility index (Phi) is 7.06. The number of aryl methyl sites for hydroxylation is 1. The number of imidazole rings is 1. The quantitative estimate of drug-likeness (QED) is 0.705. The molecule has 0 atom stereocenters. The smallest absolute Gasteiger partial charge is 0.270 e. The molecule has 0 unspecified atom stereocenters. The Labute approximate surface area is 149 Å². The first-order chi connectivity index (χ1) is 11.6. The molecule has 2 aromatic heterocycles. The zero-order valence-corrected chi connectivity index (χ0v) is 15.6. The van der Waals surface area contributed by atoms with Crippen LogP contribution in [0.15, 0.2) is 18.3 Å². The van der Waals surface area contributed by atoms with E-state index >= 15 is 0 Å². The van der Waals surface area contributed by atoms with Crippen LogP contribution in [0, 0.1) is 0 Å². The molecule has 132 valence electrons.